The predicted octanol–water partition coefficient (Wildman–Crippen LogP) is 23.1. The molecule has 0 N–H and O–H groups in total. The van der Waals surface area contributed by atoms with Gasteiger partial charge in [-0.15, -0.1) is 0 Å². The quantitative estimate of drug-likeness (QED) is 0.151. The molecule has 2 aromatic heterocycles. The second-order valence-electron chi connectivity index (χ2n) is 28.8. The third-order valence-electron chi connectivity index (χ3n) is 20.9. The van der Waals surface area contributed by atoms with Gasteiger partial charge in [-0.25, -0.2) is 0 Å². The molecule has 9 aromatic carbocycles. The molecule has 11 aromatic rings. The van der Waals surface area contributed by atoms with E-state index >= 15 is 0 Å². The summed E-state index contributed by atoms with van der Waals surface area (Å²) in [5, 5.41) is 7.58. The molecule has 434 valence electrons. The van der Waals surface area contributed by atoms with Crippen molar-refractivity contribution in [1.82, 2.24) is 9.13 Å². The van der Waals surface area contributed by atoms with E-state index in [2.05, 4.69) is 325 Å². The van der Waals surface area contributed by atoms with Gasteiger partial charge in [-0.1, -0.05) is 214 Å². The lowest BCUT2D eigenvalue weighted by Crippen LogP contribution is -2.24. The number of nitrogens with zero attached hydrogens (tertiary/aromatic N) is 4. The predicted molar refractivity (Wildman–Crippen MR) is 376 cm³/mol. The molecule has 0 fully saturated rings. The topological polar surface area (TPSA) is 16.3 Å². The van der Waals surface area contributed by atoms with Crippen LogP contribution in [-0.2, 0) is 21.7 Å². The molecule has 0 amide bonds. The molecule has 4 heteroatoms. The molecule has 3 atom stereocenters. The van der Waals surface area contributed by atoms with Gasteiger partial charge in [0.25, 0.3) is 0 Å². The molecular weight excluding hydrogens is 1060 g/mol. The summed E-state index contributed by atoms with van der Waals surface area (Å²) in [5.41, 5.74) is 24.1. The molecule has 0 aliphatic heterocycles. The second-order valence-corrected chi connectivity index (χ2v) is 28.8. The smallest absolute Gasteiger partial charge is 0.0562 e. The van der Waals surface area contributed by atoms with Gasteiger partial charge in [0.05, 0.1) is 28.1 Å². The molecule has 0 bridgehead atoms. The fraction of sp³-hybridized carbons (Fsp3) is 0.238. The van der Waals surface area contributed by atoms with Gasteiger partial charge in [0.1, 0.15) is 0 Å². The van der Waals surface area contributed by atoms with Crippen LogP contribution in [0.4, 0.5) is 34.1 Å². The third kappa shape index (κ3) is 8.30. The van der Waals surface area contributed by atoms with Gasteiger partial charge in [-0.2, -0.15) is 0 Å². The Morgan fingerprint density at radius 2 is 1.03 bits per heavy atom. The molecule has 0 saturated heterocycles. The molecule has 5 aliphatic rings. The summed E-state index contributed by atoms with van der Waals surface area (Å²) in [6.45, 7) is 23.7. The molecular formula is C84H78N4. The zero-order valence-corrected chi connectivity index (χ0v) is 52.7. The summed E-state index contributed by atoms with van der Waals surface area (Å²) in [5.74, 6) is 0.812. The van der Waals surface area contributed by atoms with Crippen LogP contribution in [0.25, 0.3) is 65.6 Å². The summed E-state index contributed by atoms with van der Waals surface area (Å²) in [6.07, 6.45) is 26.4. The summed E-state index contributed by atoms with van der Waals surface area (Å²) in [4.78, 5) is 5.04. The number of anilines is 6. The summed E-state index contributed by atoms with van der Waals surface area (Å²) in [7, 11) is 0. The van der Waals surface area contributed by atoms with Crippen molar-refractivity contribution in [3.63, 3.8) is 0 Å². The highest BCUT2D eigenvalue weighted by Crippen LogP contribution is 2.56. The average molecular weight is 1140 g/mol. The third-order valence-corrected chi connectivity index (χ3v) is 20.9. The van der Waals surface area contributed by atoms with Crippen molar-refractivity contribution in [2.24, 2.45) is 5.92 Å². The fourth-order valence-corrected chi connectivity index (χ4v) is 16.3. The van der Waals surface area contributed by atoms with Gasteiger partial charge >= 0.3 is 0 Å². The van der Waals surface area contributed by atoms with E-state index in [-0.39, 0.29) is 27.7 Å². The Balaban J connectivity index is 0.909. The zero-order valence-electron chi connectivity index (χ0n) is 52.7. The van der Waals surface area contributed by atoms with Crippen LogP contribution in [0, 0.1) is 5.92 Å². The van der Waals surface area contributed by atoms with Gasteiger partial charge in [0, 0.05) is 72.7 Å². The minimum Gasteiger partial charge on any atom is -0.333 e. The van der Waals surface area contributed by atoms with Crippen molar-refractivity contribution >= 4 is 94.1 Å². The van der Waals surface area contributed by atoms with E-state index < -0.39 is 0 Å². The summed E-state index contributed by atoms with van der Waals surface area (Å²) < 4.78 is 5.15. The average Bonchev–Trinajstić information content (AvgIpc) is 1.70. The number of aromatic nitrogens is 2. The van der Waals surface area contributed by atoms with E-state index in [0.29, 0.717) is 11.8 Å². The van der Waals surface area contributed by atoms with Gasteiger partial charge in [0.2, 0.25) is 0 Å². The molecule has 4 nitrogen and oxygen atoms in total. The van der Waals surface area contributed by atoms with Gasteiger partial charge in [0.15, 0.2) is 0 Å². The van der Waals surface area contributed by atoms with Crippen LogP contribution in [0.5, 0.6) is 0 Å². The Morgan fingerprint density at radius 1 is 0.466 bits per heavy atom. The molecule has 3 unspecified atom stereocenters. The van der Waals surface area contributed by atoms with Crippen LogP contribution in [-0.4, -0.2) is 9.13 Å². The van der Waals surface area contributed by atoms with E-state index in [9.17, 15) is 0 Å². The van der Waals surface area contributed by atoms with Crippen LogP contribution in [0.2, 0.25) is 0 Å². The standard InChI is InChI=1S/C84H78N4/c1-81(2,3)53-23-21-29-57(47-53)85(59-35-39-65-63-31-17-19-33-71(63)83(7,8)73(65)49-59)61-37-41-69-77(51-61)87(55-25-13-11-14-26-55)75-45-43-68-67(79(69)75)44-46-76-80(68)70-42-38-62(52-78(70)88(76)56-27-15-12-16-28-56)86(58-30-22-24-54(48-58)82(4,5)6)60-36-40-66-64-32-18-20-34-72(64)84(9,10)74(66)50-60/h11-19,21-25,27-33,35-52,55,63,71H,20,26,34H2,1-10H3. The highest BCUT2D eigenvalue weighted by molar-refractivity contribution is 6.29. The Bertz CT molecular complexity index is 4930. The first-order valence-electron chi connectivity index (χ1n) is 32.2. The highest BCUT2D eigenvalue weighted by atomic mass is 15.2. The minimum absolute atomic E-state index is 0.0234. The lowest BCUT2D eigenvalue weighted by molar-refractivity contribution is 0.394. The molecule has 5 aliphatic carbocycles. The van der Waals surface area contributed by atoms with Crippen molar-refractivity contribution in [3.05, 3.63) is 276 Å². The summed E-state index contributed by atoms with van der Waals surface area (Å²) >= 11 is 0. The lowest BCUT2D eigenvalue weighted by atomic mass is 9.74. The maximum absolute atomic E-state index is 2.64. The van der Waals surface area contributed by atoms with E-state index in [1.165, 1.54) is 110 Å². The second kappa shape index (κ2) is 19.7. The number of allylic oxidation sites excluding steroid dienone is 12. The normalized spacial score (nSPS) is 18.9. The number of hydrogen-bond donors (Lipinski definition) is 0. The first-order valence-corrected chi connectivity index (χ1v) is 32.2. The molecule has 16 rings (SSSR count). The molecule has 0 spiro atoms. The van der Waals surface area contributed by atoms with E-state index in [4.69, 9.17) is 0 Å². The first kappa shape index (κ1) is 54.3. The molecule has 88 heavy (non-hydrogen) atoms. The SMILES string of the molecule is CC(C)(C)c1cccc(N(c2ccc3c(c2)C(C)(C)C2=C3C=CCC2)c2ccc3c4c5ccc6c(c5ccc4n(-c4ccccc4)c3c2)c2ccc(N(c3cccc(C(C)(C)C)c3)c3ccc4c(c3)C(C)(C)C3C=CC=CC43)cc2n6C2C=CC=CC2)c1. The van der Waals surface area contributed by atoms with E-state index in [1.54, 1.807) is 5.57 Å². The summed E-state index contributed by atoms with van der Waals surface area (Å²) in [6, 6.07) is 68.5. The number of benzene rings is 9. The van der Waals surface area contributed by atoms with Crippen LogP contribution >= 0.6 is 0 Å². The van der Waals surface area contributed by atoms with E-state index in [1.807, 2.05) is 0 Å². The Labute approximate surface area is 519 Å². The Hall–Kier alpha value is -9.12. The van der Waals surface area contributed by atoms with Crippen molar-refractivity contribution in [2.45, 2.75) is 122 Å². The highest BCUT2D eigenvalue weighted by Gasteiger charge is 2.45. The van der Waals surface area contributed by atoms with Crippen LogP contribution in [0.1, 0.15) is 134 Å². The molecule has 0 radical (unpaired) electrons. The fourth-order valence-electron chi connectivity index (χ4n) is 16.3. The van der Waals surface area contributed by atoms with E-state index in [0.717, 1.165) is 42.0 Å². The van der Waals surface area contributed by atoms with Crippen molar-refractivity contribution in [1.29, 1.82) is 0 Å². The van der Waals surface area contributed by atoms with Gasteiger partial charge < -0.3 is 18.9 Å². The first-order chi connectivity index (χ1) is 42.4. The number of rotatable bonds is 8. The number of fused-ring (bicyclic) bond motifs is 14. The van der Waals surface area contributed by atoms with Crippen molar-refractivity contribution in [2.75, 3.05) is 9.80 Å². The van der Waals surface area contributed by atoms with Gasteiger partial charge in [-0.05, 0) is 188 Å². The Morgan fingerprint density at radius 3 is 1.70 bits per heavy atom. The zero-order chi connectivity index (χ0) is 60.2. The van der Waals surface area contributed by atoms with Crippen molar-refractivity contribution in [3.8, 4) is 5.69 Å². The monoisotopic (exact) mass is 1140 g/mol. The van der Waals surface area contributed by atoms with Crippen LogP contribution in [0.15, 0.2) is 242 Å². The number of para-hydroxylation sites is 1. The molecule has 0 saturated carbocycles. The maximum atomic E-state index is 2.64. The van der Waals surface area contributed by atoms with Crippen LogP contribution in [0.3, 0.4) is 0 Å². The molecule has 2 heterocycles. The Kier molecular flexibility index (Phi) is 12.1. The van der Waals surface area contributed by atoms with Crippen LogP contribution < -0.4 is 9.80 Å². The lowest BCUT2D eigenvalue weighted by Gasteiger charge is -2.31. The largest absolute Gasteiger partial charge is 0.333 e. The van der Waals surface area contributed by atoms with Crippen molar-refractivity contribution < 1.29 is 0 Å². The van der Waals surface area contributed by atoms with Gasteiger partial charge in [-0.3, -0.25) is 0 Å². The number of hydrogen-bond acceptors (Lipinski definition) is 2. The maximum Gasteiger partial charge on any atom is 0.0562 e. The minimum atomic E-state index is -0.0619.